The fourth-order valence-corrected chi connectivity index (χ4v) is 1.54. The first-order valence-corrected chi connectivity index (χ1v) is 5.03. The molecular weight excluding hydrogens is 230 g/mol. The van der Waals surface area contributed by atoms with Gasteiger partial charge in [0.2, 0.25) is 0 Å². The van der Waals surface area contributed by atoms with Gasteiger partial charge in [0.05, 0.1) is 11.6 Å². The van der Waals surface area contributed by atoms with Crippen molar-refractivity contribution in [2.45, 2.75) is 13.0 Å². The minimum absolute atomic E-state index is 0.395. The molecule has 7 nitrogen and oxygen atoms in total. The van der Waals surface area contributed by atoms with Gasteiger partial charge in [-0.25, -0.2) is 14.6 Å². The zero-order chi connectivity index (χ0) is 11.4. The number of nitrogens with zero attached hydrogens (tertiary/aromatic N) is 7. The number of fused-ring (bicyclic) bond motifs is 1. The molecule has 2 aromatic heterocycles. The van der Waals surface area contributed by atoms with Crippen LogP contribution in [0.5, 0.6) is 0 Å². The largest absolute Gasteiger partial charge is 0.247 e. The Morgan fingerprint density at radius 1 is 1.50 bits per heavy atom. The Balaban J connectivity index is 2.19. The first kappa shape index (κ1) is 10.7. The SMILES string of the molecule is [N-]=[N+]=NCCCn1ncc2c(Cl)ncnc21. The topological polar surface area (TPSA) is 92.4 Å². The third kappa shape index (κ3) is 2.05. The molecule has 0 unspecified atom stereocenters. The van der Waals surface area contributed by atoms with Gasteiger partial charge in [-0.05, 0) is 12.0 Å². The van der Waals surface area contributed by atoms with Crippen LogP contribution in [0.15, 0.2) is 17.6 Å². The van der Waals surface area contributed by atoms with Crippen LogP contribution in [-0.2, 0) is 6.54 Å². The Bertz CT molecular complexity index is 542. The molecule has 0 aromatic carbocycles. The summed E-state index contributed by atoms with van der Waals surface area (Å²) < 4.78 is 1.72. The first-order chi connectivity index (χ1) is 7.83. The van der Waals surface area contributed by atoms with E-state index in [1.807, 2.05) is 0 Å². The minimum atomic E-state index is 0.395. The highest BCUT2D eigenvalue weighted by atomic mass is 35.5. The molecule has 0 saturated heterocycles. The molecular formula is C8H8ClN7. The summed E-state index contributed by atoms with van der Waals surface area (Å²) in [5.74, 6) is 0. The molecule has 16 heavy (non-hydrogen) atoms. The lowest BCUT2D eigenvalue weighted by Gasteiger charge is -2.00. The maximum atomic E-state index is 8.13. The second kappa shape index (κ2) is 4.78. The molecule has 0 N–H and O–H groups in total. The van der Waals surface area contributed by atoms with Crippen molar-refractivity contribution in [3.8, 4) is 0 Å². The molecule has 0 bridgehead atoms. The molecule has 2 rings (SSSR count). The number of hydrogen-bond donors (Lipinski definition) is 0. The number of azide groups is 1. The van der Waals surface area contributed by atoms with E-state index in [4.69, 9.17) is 17.1 Å². The molecule has 0 amide bonds. The molecule has 8 heteroatoms. The summed E-state index contributed by atoms with van der Waals surface area (Å²) in [5.41, 5.74) is 8.82. The normalized spacial score (nSPS) is 10.3. The van der Waals surface area contributed by atoms with Gasteiger partial charge in [-0.1, -0.05) is 16.7 Å². The molecule has 2 heterocycles. The quantitative estimate of drug-likeness (QED) is 0.268. The third-order valence-electron chi connectivity index (χ3n) is 2.08. The second-order valence-electron chi connectivity index (χ2n) is 3.08. The Morgan fingerprint density at radius 3 is 3.19 bits per heavy atom. The summed E-state index contributed by atoms with van der Waals surface area (Å²) in [6.45, 7) is 1.08. The fourth-order valence-electron chi connectivity index (χ4n) is 1.36. The van der Waals surface area contributed by atoms with E-state index in [2.05, 4.69) is 25.1 Å². The van der Waals surface area contributed by atoms with Gasteiger partial charge in [-0.15, -0.1) is 0 Å². The van der Waals surface area contributed by atoms with Crippen LogP contribution >= 0.6 is 11.6 Å². The zero-order valence-corrected chi connectivity index (χ0v) is 9.04. The molecule has 0 aliphatic carbocycles. The lowest BCUT2D eigenvalue weighted by Crippen LogP contribution is -2.02. The van der Waals surface area contributed by atoms with E-state index < -0.39 is 0 Å². The smallest absolute Gasteiger partial charge is 0.162 e. The van der Waals surface area contributed by atoms with Crippen molar-refractivity contribution in [2.24, 2.45) is 5.11 Å². The molecule has 2 aromatic rings. The molecule has 82 valence electrons. The Kier molecular flexibility index (Phi) is 3.19. The van der Waals surface area contributed by atoms with Gasteiger partial charge in [-0.2, -0.15) is 5.10 Å². The van der Waals surface area contributed by atoms with Crippen LogP contribution in [0.3, 0.4) is 0 Å². The summed E-state index contributed by atoms with van der Waals surface area (Å²) >= 11 is 5.88. The zero-order valence-electron chi connectivity index (χ0n) is 8.28. The van der Waals surface area contributed by atoms with E-state index in [0.29, 0.717) is 30.3 Å². The number of halogens is 1. The fraction of sp³-hybridized carbons (Fsp3) is 0.375. The van der Waals surface area contributed by atoms with Gasteiger partial charge in [-0.3, -0.25) is 0 Å². The average Bonchev–Trinajstić information content (AvgIpc) is 2.70. The Labute approximate surface area is 95.7 Å². The average molecular weight is 238 g/mol. The Morgan fingerprint density at radius 2 is 2.38 bits per heavy atom. The lowest BCUT2D eigenvalue weighted by atomic mass is 10.4. The maximum absolute atomic E-state index is 8.13. The number of hydrogen-bond acceptors (Lipinski definition) is 4. The van der Waals surface area contributed by atoms with Crippen LogP contribution in [0.4, 0.5) is 0 Å². The van der Waals surface area contributed by atoms with Crippen LogP contribution in [0.2, 0.25) is 5.15 Å². The number of rotatable bonds is 4. The molecule has 0 aliphatic heterocycles. The van der Waals surface area contributed by atoms with Crippen LogP contribution in [-0.4, -0.2) is 26.3 Å². The second-order valence-corrected chi connectivity index (χ2v) is 3.44. The van der Waals surface area contributed by atoms with Crippen molar-refractivity contribution in [3.63, 3.8) is 0 Å². The molecule has 0 radical (unpaired) electrons. The predicted octanol–water partition coefficient (Wildman–Crippen LogP) is 2.18. The lowest BCUT2D eigenvalue weighted by molar-refractivity contribution is 0.597. The summed E-state index contributed by atoms with van der Waals surface area (Å²) in [6, 6.07) is 0. The van der Waals surface area contributed by atoms with Gasteiger partial charge < -0.3 is 0 Å². The number of aryl methyl sites for hydroxylation is 1. The highest BCUT2D eigenvalue weighted by Crippen LogP contribution is 2.18. The van der Waals surface area contributed by atoms with Crippen LogP contribution < -0.4 is 0 Å². The van der Waals surface area contributed by atoms with Crippen LogP contribution in [0.1, 0.15) is 6.42 Å². The standard InChI is InChI=1S/C8H8ClN7/c9-7-6-4-14-16(3-1-2-13-15-10)8(6)12-5-11-7/h4-5H,1-3H2. The minimum Gasteiger partial charge on any atom is -0.247 e. The summed E-state index contributed by atoms with van der Waals surface area (Å²) in [7, 11) is 0. The van der Waals surface area contributed by atoms with Crippen LogP contribution in [0.25, 0.3) is 21.5 Å². The number of aromatic nitrogens is 4. The molecule has 0 atom stereocenters. The maximum Gasteiger partial charge on any atom is 0.162 e. The van der Waals surface area contributed by atoms with E-state index in [1.165, 1.54) is 6.33 Å². The van der Waals surface area contributed by atoms with Gasteiger partial charge in [0, 0.05) is 18.0 Å². The van der Waals surface area contributed by atoms with Crippen molar-refractivity contribution >= 4 is 22.6 Å². The van der Waals surface area contributed by atoms with E-state index in [9.17, 15) is 0 Å². The molecule has 0 aliphatic rings. The molecule has 0 spiro atoms. The van der Waals surface area contributed by atoms with Crippen molar-refractivity contribution in [3.05, 3.63) is 28.1 Å². The van der Waals surface area contributed by atoms with Gasteiger partial charge >= 0.3 is 0 Å². The van der Waals surface area contributed by atoms with Crippen molar-refractivity contribution in [1.29, 1.82) is 0 Å². The summed E-state index contributed by atoms with van der Waals surface area (Å²) in [5, 5.41) is 8.72. The molecule has 0 fully saturated rings. The van der Waals surface area contributed by atoms with E-state index in [-0.39, 0.29) is 0 Å². The summed E-state index contributed by atoms with van der Waals surface area (Å²) in [6.07, 6.45) is 3.74. The van der Waals surface area contributed by atoms with E-state index in [1.54, 1.807) is 10.9 Å². The predicted molar refractivity (Wildman–Crippen MR) is 59.0 cm³/mol. The van der Waals surface area contributed by atoms with Gasteiger partial charge in [0.25, 0.3) is 0 Å². The van der Waals surface area contributed by atoms with Crippen molar-refractivity contribution < 1.29 is 0 Å². The van der Waals surface area contributed by atoms with Crippen molar-refractivity contribution in [2.75, 3.05) is 6.54 Å². The van der Waals surface area contributed by atoms with Crippen molar-refractivity contribution in [1.82, 2.24) is 19.7 Å². The highest BCUT2D eigenvalue weighted by molar-refractivity contribution is 6.33. The molecule has 0 saturated carbocycles. The van der Waals surface area contributed by atoms with Crippen LogP contribution in [0, 0.1) is 0 Å². The van der Waals surface area contributed by atoms with Gasteiger partial charge in [0.1, 0.15) is 11.5 Å². The monoisotopic (exact) mass is 237 g/mol. The first-order valence-electron chi connectivity index (χ1n) is 4.66. The Hall–Kier alpha value is -1.85. The third-order valence-corrected chi connectivity index (χ3v) is 2.38. The van der Waals surface area contributed by atoms with E-state index in [0.717, 1.165) is 5.39 Å². The van der Waals surface area contributed by atoms with Gasteiger partial charge in [0.15, 0.2) is 5.65 Å². The van der Waals surface area contributed by atoms with E-state index >= 15 is 0 Å². The highest BCUT2D eigenvalue weighted by Gasteiger charge is 2.06. The summed E-state index contributed by atoms with van der Waals surface area (Å²) in [4.78, 5) is 10.6.